The lowest BCUT2D eigenvalue weighted by atomic mass is 10.2. The second kappa shape index (κ2) is 6.84. The molecule has 0 fully saturated rings. The third kappa shape index (κ3) is 3.46. The minimum Gasteiger partial charge on any atom is -0.422 e. The molecule has 0 bridgehead atoms. The van der Waals surface area contributed by atoms with Crippen molar-refractivity contribution in [1.82, 2.24) is 4.98 Å². The Bertz CT molecular complexity index is 1140. The van der Waals surface area contributed by atoms with Gasteiger partial charge in [0.2, 0.25) is 0 Å². The summed E-state index contributed by atoms with van der Waals surface area (Å²) in [5, 5.41) is 3.90. The van der Waals surface area contributed by atoms with Crippen LogP contribution in [0.4, 0.5) is 0 Å². The summed E-state index contributed by atoms with van der Waals surface area (Å²) in [7, 11) is 0. The molecule has 2 aromatic heterocycles. The number of para-hydroxylation sites is 1. The van der Waals surface area contributed by atoms with Crippen molar-refractivity contribution in [3.8, 4) is 11.3 Å². The molecule has 4 rings (SSSR count). The largest absolute Gasteiger partial charge is 0.422 e. The molecule has 2 heterocycles. The normalized spacial score (nSPS) is 11.1. The molecule has 0 saturated heterocycles. The van der Waals surface area contributed by atoms with Crippen LogP contribution in [-0.2, 0) is 0 Å². The van der Waals surface area contributed by atoms with E-state index in [1.165, 1.54) is 23.1 Å². The molecule has 124 valence electrons. The first-order chi connectivity index (χ1) is 12.1. The van der Waals surface area contributed by atoms with Crippen molar-refractivity contribution in [3.05, 3.63) is 74.4 Å². The average molecular weight is 406 g/mol. The van der Waals surface area contributed by atoms with Gasteiger partial charge in [0.15, 0.2) is 4.34 Å². The summed E-state index contributed by atoms with van der Waals surface area (Å²) in [6.07, 6.45) is 0. The van der Waals surface area contributed by atoms with Crippen molar-refractivity contribution >= 4 is 57.3 Å². The Balaban J connectivity index is 1.67. The van der Waals surface area contributed by atoms with Gasteiger partial charge in [0.1, 0.15) is 10.5 Å². The lowest BCUT2D eigenvalue weighted by Crippen LogP contribution is -2.00. The summed E-state index contributed by atoms with van der Waals surface area (Å²) in [6, 6.07) is 14.5. The van der Waals surface area contributed by atoms with Crippen molar-refractivity contribution in [2.45, 2.75) is 9.24 Å². The molecule has 7 heteroatoms. The molecule has 0 aliphatic heterocycles. The quantitative estimate of drug-likeness (QED) is 0.371. The third-order valence-corrected chi connectivity index (χ3v) is 5.99. The molecular formula is C18H9Cl2NO2S2. The second-order valence-electron chi connectivity index (χ2n) is 5.16. The van der Waals surface area contributed by atoms with E-state index in [4.69, 9.17) is 27.6 Å². The minimum atomic E-state index is -0.370. The van der Waals surface area contributed by atoms with Gasteiger partial charge in [-0.25, -0.2) is 9.78 Å². The number of hydrogen-bond acceptors (Lipinski definition) is 5. The van der Waals surface area contributed by atoms with E-state index in [0.29, 0.717) is 20.5 Å². The van der Waals surface area contributed by atoms with Crippen LogP contribution >= 0.6 is 46.3 Å². The molecule has 0 N–H and O–H groups in total. The zero-order valence-electron chi connectivity index (χ0n) is 12.5. The highest BCUT2D eigenvalue weighted by molar-refractivity contribution is 8.01. The van der Waals surface area contributed by atoms with Gasteiger partial charge in [-0.2, -0.15) is 0 Å². The van der Waals surface area contributed by atoms with Gasteiger partial charge in [-0.15, -0.1) is 11.3 Å². The number of thiazole rings is 1. The van der Waals surface area contributed by atoms with Gasteiger partial charge < -0.3 is 4.42 Å². The molecule has 2 aromatic carbocycles. The number of hydrogen-bond donors (Lipinski definition) is 0. The Hall–Kier alpha value is -1.79. The van der Waals surface area contributed by atoms with Crippen LogP contribution in [0.2, 0.25) is 10.0 Å². The molecule has 0 spiro atoms. The molecule has 4 aromatic rings. The third-order valence-electron chi connectivity index (χ3n) is 3.50. The number of nitrogens with zero attached hydrogens (tertiary/aromatic N) is 1. The van der Waals surface area contributed by atoms with Crippen LogP contribution in [0, 0.1) is 0 Å². The number of benzene rings is 2. The molecule has 0 aliphatic carbocycles. The lowest BCUT2D eigenvalue weighted by Gasteiger charge is -2.01. The molecule has 0 unspecified atom stereocenters. The van der Waals surface area contributed by atoms with Gasteiger partial charge in [-0.1, -0.05) is 53.2 Å². The molecule has 0 amide bonds. The average Bonchev–Trinajstić information content (AvgIpc) is 3.04. The fourth-order valence-corrected chi connectivity index (χ4v) is 4.63. The maximum Gasteiger partial charge on any atom is 0.350 e. The predicted molar refractivity (Wildman–Crippen MR) is 104 cm³/mol. The highest BCUT2D eigenvalue weighted by Crippen LogP contribution is 2.35. The highest BCUT2D eigenvalue weighted by atomic mass is 35.5. The van der Waals surface area contributed by atoms with E-state index in [-0.39, 0.29) is 5.63 Å². The van der Waals surface area contributed by atoms with Gasteiger partial charge in [-0.05, 0) is 30.3 Å². The van der Waals surface area contributed by atoms with Crippen LogP contribution in [-0.4, -0.2) is 4.98 Å². The predicted octanol–water partition coefficient (Wildman–Crippen LogP) is 6.37. The van der Waals surface area contributed by atoms with Gasteiger partial charge in [-0.3, -0.25) is 0 Å². The van der Waals surface area contributed by atoms with Crippen LogP contribution in [0.3, 0.4) is 0 Å². The van der Waals surface area contributed by atoms with E-state index >= 15 is 0 Å². The summed E-state index contributed by atoms with van der Waals surface area (Å²) < 4.78 is 6.09. The first-order valence-corrected chi connectivity index (χ1v) is 9.67. The lowest BCUT2D eigenvalue weighted by molar-refractivity contribution is 0.544. The zero-order chi connectivity index (χ0) is 17.4. The van der Waals surface area contributed by atoms with Crippen LogP contribution < -0.4 is 5.63 Å². The molecule has 0 atom stereocenters. The molecule has 0 aliphatic rings. The van der Waals surface area contributed by atoms with E-state index < -0.39 is 0 Å². The standard InChI is InChI=1S/C18H9Cl2NO2S2/c19-11-5-6-12(13(20)8-11)14-9-24-18(21-14)25-16-7-10-3-1-2-4-15(10)23-17(16)22/h1-9H. The van der Waals surface area contributed by atoms with Crippen molar-refractivity contribution in [2.75, 3.05) is 0 Å². The fraction of sp³-hybridized carbons (Fsp3) is 0. The van der Waals surface area contributed by atoms with Crippen molar-refractivity contribution in [2.24, 2.45) is 0 Å². The number of aromatic nitrogens is 1. The minimum absolute atomic E-state index is 0.370. The number of rotatable bonds is 3. The fourth-order valence-electron chi connectivity index (χ4n) is 2.33. The van der Waals surface area contributed by atoms with Crippen molar-refractivity contribution < 1.29 is 4.42 Å². The van der Waals surface area contributed by atoms with E-state index in [1.54, 1.807) is 18.2 Å². The first-order valence-electron chi connectivity index (χ1n) is 7.22. The monoisotopic (exact) mass is 405 g/mol. The van der Waals surface area contributed by atoms with E-state index in [2.05, 4.69) is 4.98 Å². The Morgan fingerprint density at radius 3 is 2.76 bits per heavy atom. The van der Waals surface area contributed by atoms with Crippen LogP contribution in [0.5, 0.6) is 0 Å². The van der Waals surface area contributed by atoms with E-state index in [9.17, 15) is 4.79 Å². The van der Waals surface area contributed by atoms with Crippen molar-refractivity contribution in [1.29, 1.82) is 0 Å². The molecular weight excluding hydrogens is 397 g/mol. The SMILES string of the molecule is O=c1oc2ccccc2cc1Sc1nc(-c2ccc(Cl)cc2Cl)cs1. The summed E-state index contributed by atoms with van der Waals surface area (Å²) in [5.74, 6) is 0. The molecule has 3 nitrogen and oxygen atoms in total. The molecule has 0 saturated carbocycles. The Morgan fingerprint density at radius 2 is 1.92 bits per heavy atom. The zero-order valence-corrected chi connectivity index (χ0v) is 15.7. The Morgan fingerprint density at radius 1 is 1.08 bits per heavy atom. The van der Waals surface area contributed by atoms with E-state index in [1.807, 2.05) is 35.7 Å². The summed E-state index contributed by atoms with van der Waals surface area (Å²) in [4.78, 5) is 17.2. The smallest absolute Gasteiger partial charge is 0.350 e. The highest BCUT2D eigenvalue weighted by Gasteiger charge is 2.12. The van der Waals surface area contributed by atoms with Gasteiger partial charge in [0.05, 0.1) is 10.7 Å². The molecule has 25 heavy (non-hydrogen) atoms. The van der Waals surface area contributed by atoms with Gasteiger partial charge in [0.25, 0.3) is 0 Å². The summed E-state index contributed by atoms with van der Waals surface area (Å²) in [5.41, 5.74) is 1.76. The van der Waals surface area contributed by atoms with Gasteiger partial charge in [0, 0.05) is 21.4 Å². The Kier molecular flexibility index (Phi) is 4.56. The van der Waals surface area contributed by atoms with Crippen LogP contribution in [0.1, 0.15) is 0 Å². The van der Waals surface area contributed by atoms with Crippen LogP contribution in [0.25, 0.3) is 22.2 Å². The van der Waals surface area contributed by atoms with Gasteiger partial charge >= 0.3 is 5.63 Å². The first kappa shape index (κ1) is 16.7. The Labute approximate surface area is 161 Å². The number of halogens is 2. The summed E-state index contributed by atoms with van der Waals surface area (Å²) in [6.45, 7) is 0. The molecule has 0 radical (unpaired) electrons. The topological polar surface area (TPSA) is 43.1 Å². The number of fused-ring (bicyclic) bond motifs is 1. The maximum atomic E-state index is 12.2. The summed E-state index contributed by atoms with van der Waals surface area (Å²) >= 11 is 14.9. The van der Waals surface area contributed by atoms with Crippen molar-refractivity contribution in [3.63, 3.8) is 0 Å². The van der Waals surface area contributed by atoms with Crippen LogP contribution in [0.15, 0.2) is 72.4 Å². The second-order valence-corrected chi connectivity index (χ2v) is 8.15. The van der Waals surface area contributed by atoms with E-state index in [0.717, 1.165) is 21.0 Å². The maximum absolute atomic E-state index is 12.2.